The smallest absolute Gasteiger partial charge is 0.182 e. The molecule has 1 aliphatic rings. The van der Waals surface area contributed by atoms with Gasteiger partial charge in [0.15, 0.2) is 11.6 Å². The van der Waals surface area contributed by atoms with Crippen molar-refractivity contribution in [1.29, 1.82) is 0 Å². The van der Waals surface area contributed by atoms with Crippen LogP contribution in [0.2, 0.25) is 0 Å². The van der Waals surface area contributed by atoms with E-state index in [2.05, 4.69) is 5.32 Å². The van der Waals surface area contributed by atoms with Gasteiger partial charge in [-0.25, -0.2) is 17.6 Å². The molecule has 0 fully saturated rings. The molecule has 0 saturated heterocycles. The maximum atomic E-state index is 13.6. The number of hydrogen-bond acceptors (Lipinski definition) is 1. The van der Waals surface area contributed by atoms with E-state index in [9.17, 15) is 17.6 Å². The van der Waals surface area contributed by atoms with E-state index in [1.807, 2.05) is 0 Å². The minimum atomic E-state index is -1.23. The van der Waals surface area contributed by atoms with Gasteiger partial charge in [0.25, 0.3) is 0 Å². The molecule has 1 N–H and O–H groups in total. The molecule has 1 atom stereocenters. The van der Waals surface area contributed by atoms with Gasteiger partial charge in [-0.15, -0.1) is 0 Å². The Morgan fingerprint density at radius 1 is 0.950 bits per heavy atom. The van der Waals surface area contributed by atoms with Crippen LogP contribution in [0.3, 0.4) is 0 Å². The zero-order chi connectivity index (χ0) is 14.3. The third-order valence-corrected chi connectivity index (χ3v) is 3.51. The Hall–Kier alpha value is -2.04. The summed E-state index contributed by atoms with van der Waals surface area (Å²) in [5.74, 6) is -3.51. The summed E-state index contributed by atoms with van der Waals surface area (Å²) >= 11 is 0. The molecular weight excluding hydrogens is 270 g/mol. The predicted octanol–water partition coefficient (Wildman–Crippen LogP) is 4.34. The molecular formula is C15H11F4N. The monoisotopic (exact) mass is 281 g/mol. The standard InChI is InChI=1S/C15H11F4N/c16-9-2-3-11-8(5-9)1-4-13(11)20-14-7-10(17)6-12(18)15(14)19/h2-3,5-7,13,20H,1,4H2. The molecule has 2 aromatic carbocycles. The molecule has 3 rings (SSSR count). The van der Waals surface area contributed by atoms with Crippen LogP contribution in [0.5, 0.6) is 0 Å². The fourth-order valence-electron chi connectivity index (χ4n) is 2.58. The first kappa shape index (κ1) is 13.0. The molecule has 0 spiro atoms. The van der Waals surface area contributed by atoms with Gasteiger partial charge in [-0.3, -0.25) is 0 Å². The van der Waals surface area contributed by atoms with Crippen molar-refractivity contribution in [3.05, 3.63) is 64.7 Å². The van der Waals surface area contributed by atoms with E-state index in [1.165, 1.54) is 12.1 Å². The van der Waals surface area contributed by atoms with E-state index < -0.39 is 17.5 Å². The summed E-state index contributed by atoms with van der Waals surface area (Å²) in [6.45, 7) is 0. The topological polar surface area (TPSA) is 12.0 Å². The average molecular weight is 281 g/mol. The highest BCUT2D eigenvalue weighted by Gasteiger charge is 2.24. The number of rotatable bonds is 2. The molecule has 2 aromatic rings. The molecule has 0 bridgehead atoms. The second kappa shape index (κ2) is 4.81. The Kier molecular flexibility index (Phi) is 3.12. The fraction of sp³-hybridized carbons (Fsp3) is 0.200. The van der Waals surface area contributed by atoms with Crippen LogP contribution in [-0.2, 0) is 6.42 Å². The molecule has 0 radical (unpaired) electrons. The van der Waals surface area contributed by atoms with Crippen LogP contribution in [0.15, 0.2) is 30.3 Å². The van der Waals surface area contributed by atoms with Gasteiger partial charge in [-0.05, 0) is 36.1 Å². The van der Waals surface area contributed by atoms with Gasteiger partial charge in [0.2, 0.25) is 0 Å². The molecule has 104 valence electrons. The second-order valence-corrected chi connectivity index (χ2v) is 4.83. The van der Waals surface area contributed by atoms with Gasteiger partial charge in [0.1, 0.15) is 11.6 Å². The van der Waals surface area contributed by atoms with Crippen LogP contribution in [-0.4, -0.2) is 0 Å². The lowest BCUT2D eigenvalue weighted by Gasteiger charge is -2.16. The fourth-order valence-corrected chi connectivity index (χ4v) is 2.58. The average Bonchev–Trinajstić information content (AvgIpc) is 2.77. The third kappa shape index (κ3) is 2.24. The molecule has 0 amide bonds. The summed E-state index contributed by atoms with van der Waals surface area (Å²) < 4.78 is 53.0. The van der Waals surface area contributed by atoms with Crippen molar-refractivity contribution >= 4 is 5.69 Å². The molecule has 20 heavy (non-hydrogen) atoms. The van der Waals surface area contributed by atoms with Crippen molar-refractivity contribution in [3.8, 4) is 0 Å². The number of halogens is 4. The first-order valence-corrected chi connectivity index (χ1v) is 6.24. The Balaban J connectivity index is 1.91. The largest absolute Gasteiger partial charge is 0.376 e. The van der Waals surface area contributed by atoms with Crippen molar-refractivity contribution in [2.45, 2.75) is 18.9 Å². The Bertz CT molecular complexity index is 669. The lowest BCUT2D eigenvalue weighted by Crippen LogP contribution is -2.09. The Labute approximate surface area is 113 Å². The Morgan fingerprint density at radius 2 is 1.75 bits per heavy atom. The molecule has 0 heterocycles. The van der Waals surface area contributed by atoms with Gasteiger partial charge < -0.3 is 5.32 Å². The van der Waals surface area contributed by atoms with Gasteiger partial charge in [-0.2, -0.15) is 0 Å². The minimum absolute atomic E-state index is 0.218. The summed E-state index contributed by atoms with van der Waals surface area (Å²) in [6.07, 6.45) is 1.26. The summed E-state index contributed by atoms with van der Waals surface area (Å²) in [7, 11) is 0. The number of benzene rings is 2. The summed E-state index contributed by atoms with van der Waals surface area (Å²) in [5, 5.41) is 2.79. The number of hydrogen-bond donors (Lipinski definition) is 1. The highest BCUT2D eigenvalue weighted by atomic mass is 19.2. The van der Waals surface area contributed by atoms with Crippen molar-refractivity contribution in [2.75, 3.05) is 5.32 Å². The highest BCUT2D eigenvalue weighted by molar-refractivity contribution is 5.50. The van der Waals surface area contributed by atoms with E-state index >= 15 is 0 Å². The lowest BCUT2D eigenvalue weighted by molar-refractivity contribution is 0.496. The molecule has 1 nitrogen and oxygen atoms in total. The summed E-state index contributed by atoms with van der Waals surface area (Å²) in [4.78, 5) is 0. The van der Waals surface area contributed by atoms with Crippen LogP contribution in [0, 0.1) is 23.3 Å². The first-order valence-electron chi connectivity index (χ1n) is 6.24. The van der Waals surface area contributed by atoms with Crippen molar-refractivity contribution in [1.82, 2.24) is 0 Å². The lowest BCUT2D eigenvalue weighted by atomic mass is 10.1. The molecule has 5 heteroatoms. The van der Waals surface area contributed by atoms with Gasteiger partial charge >= 0.3 is 0 Å². The number of anilines is 1. The quantitative estimate of drug-likeness (QED) is 0.637. The van der Waals surface area contributed by atoms with E-state index in [0.717, 1.165) is 17.2 Å². The van der Waals surface area contributed by atoms with Gasteiger partial charge in [0.05, 0.1) is 11.7 Å². The van der Waals surface area contributed by atoms with Gasteiger partial charge in [0, 0.05) is 12.1 Å². The first-order chi connectivity index (χ1) is 9.54. The van der Waals surface area contributed by atoms with E-state index in [1.54, 1.807) is 6.07 Å². The van der Waals surface area contributed by atoms with Crippen LogP contribution < -0.4 is 5.32 Å². The number of fused-ring (bicyclic) bond motifs is 1. The van der Waals surface area contributed by atoms with Crippen LogP contribution in [0.25, 0.3) is 0 Å². The van der Waals surface area contributed by atoms with Crippen LogP contribution >= 0.6 is 0 Å². The van der Waals surface area contributed by atoms with E-state index in [0.29, 0.717) is 18.9 Å². The normalized spacial score (nSPS) is 17.1. The third-order valence-electron chi connectivity index (χ3n) is 3.51. The van der Waals surface area contributed by atoms with E-state index in [-0.39, 0.29) is 17.5 Å². The van der Waals surface area contributed by atoms with Crippen LogP contribution in [0.1, 0.15) is 23.6 Å². The Morgan fingerprint density at radius 3 is 2.55 bits per heavy atom. The number of aryl methyl sites for hydroxylation is 1. The molecule has 1 unspecified atom stereocenters. The number of nitrogens with one attached hydrogen (secondary N) is 1. The maximum absolute atomic E-state index is 13.6. The van der Waals surface area contributed by atoms with Crippen molar-refractivity contribution < 1.29 is 17.6 Å². The van der Waals surface area contributed by atoms with E-state index in [4.69, 9.17) is 0 Å². The molecule has 0 aromatic heterocycles. The highest BCUT2D eigenvalue weighted by Crippen LogP contribution is 2.35. The van der Waals surface area contributed by atoms with Crippen molar-refractivity contribution in [2.24, 2.45) is 0 Å². The zero-order valence-corrected chi connectivity index (χ0v) is 10.4. The predicted molar refractivity (Wildman–Crippen MR) is 67.4 cm³/mol. The molecule has 1 aliphatic carbocycles. The summed E-state index contributed by atoms with van der Waals surface area (Å²) in [5.41, 5.74) is 1.44. The molecule has 0 aliphatic heterocycles. The molecule has 0 saturated carbocycles. The minimum Gasteiger partial charge on any atom is -0.376 e. The van der Waals surface area contributed by atoms with Gasteiger partial charge in [-0.1, -0.05) is 6.07 Å². The van der Waals surface area contributed by atoms with Crippen LogP contribution in [0.4, 0.5) is 23.2 Å². The zero-order valence-electron chi connectivity index (χ0n) is 10.4. The second-order valence-electron chi connectivity index (χ2n) is 4.83. The summed E-state index contributed by atoms with van der Waals surface area (Å²) in [6, 6.07) is 5.50. The van der Waals surface area contributed by atoms with Crippen molar-refractivity contribution in [3.63, 3.8) is 0 Å². The SMILES string of the molecule is Fc1ccc2c(c1)CCC2Nc1cc(F)cc(F)c1F. The maximum Gasteiger partial charge on any atom is 0.182 e.